The zero-order chi connectivity index (χ0) is 27.4. The van der Waals surface area contributed by atoms with Gasteiger partial charge >= 0.3 is 0 Å². The Balaban J connectivity index is 1.44. The van der Waals surface area contributed by atoms with Crippen LogP contribution in [0.5, 0.6) is 0 Å². The van der Waals surface area contributed by atoms with Crippen LogP contribution in [0.25, 0.3) is 10.9 Å². The maximum absolute atomic E-state index is 13.8. The molecule has 0 bridgehead atoms. The molecular weight excluding hydrogens is 532 g/mol. The quantitative estimate of drug-likeness (QED) is 0.313. The van der Waals surface area contributed by atoms with E-state index < -0.39 is 15.9 Å². The van der Waals surface area contributed by atoms with Gasteiger partial charge in [0, 0.05) is 36.6 Å². The number of likely N-dealkylation sites (tertiary alicyclic amines) is 1. The number of rotatable bonds is 8. The fourth-order valence-electron chi connectivity index (χ4n) is 4.87. The Kier molecular flexibility index (Phi) is 7.94. The summed E-state index contributed by atoms with van der Waals surface area (Å²) >= 11 is 1.11. The van der Waals surface area contributed by atoms with Gasteiger partial charge in [-0.1, -0.05) is 60.7 Å². The second kappa shape index (κ2) is 11.5. The first kappa shape index (κ1) is 26.8. The number of nitrogens with zero attached hydrogens (tertiary/aromatic N) is 2. The minimum atomic E-state index is -3.73. The van der Waals surface area contributed by atoms with Crippen molar-refractivity contribution in [3.05, 3.63) is 93.8 Å². The Morgan fingerprint density at radius 1 is 1.03 bits per heavy atom. The molecule has 0 saturated carbocycles. The predicted octanol–water partition coefficient (Wildman–Crippen LogP) is 5.01. The van der Waals surface area contributed by atoms with Crippen LogP contribution in [0.4, 0.5) is 5.69 Å². The van der Waals surface area contributed by atoms with Gasteiger partial charge in [-0.15, -0.1) is 11.3 Å². The minimum absolute atomic E-state index is 0.114. The van der Waals surface area contributed by atoms with Gasteiger partial charge in [-0.25, -0.2) is 13.1 Å². The number of pyridine rings is 1. The normalized spacial score (nSPS) is 14.3. The van der Waals surface area contributed by atoms with E-state index in [4.69, 9.17) is 0 Å². The highest BCUT2D eigenvalue weighted by Gasteiger charge is 2.28. The van der Waals surface area contributed by atoms with Crippen LogP contribution in [0.15, 0.2) is 72.2 Å². The fourth-order valence-corrected chi connectivity index (χ4v) is 6.36. The van der Waals surface area contributed by atoms with Gasteiger partial charge in [0.05, 0.1) is 22.5 Å². The molecule has 2 N–H and O–H groups in total. The molecule has 1 aliphatic rings. The smallest absolute Gasteiger partial charge is 0.277 e. The number of anilines is 1. The first-order chi connectivity index (χ1) is 18.9. The zero-order valence-corrected chi connectivity index (χ0v) is 23.2. The lowest BCUT2D eigenvalue weighted by molar-refractivity contribution is 0.0713. The predicted molar refractivity (Wildman–Crippen MR) is 155 cm³/mol. The maximum atomic E-state index is 13.8. The summed E-state index contributed by atoms with van der Waals surface area (Å²) in [6, 6.07) is 20.2. The molecule has 8 nitrogen and oxygen atoms in total. The Labute approximate surface area is 232 Å². The lowest BCUT2D eigenvalue weighted by atomic mass is 9.89. The molecule has 4 aromatic rings. The molecule has 1 fully saturated rings. The highest BCUT2D eigenvalue weighted by atomic mass is 32.2. The van der Waals surface area contributed by atoms with Crippen LogP contribution in [0.3, 0.4) is 0 Å². The molecule has 2 aromatic heterocycles. The van der Waals surface area contributed by atoms with E-state index in [0.717, 1.165) is 29.7 Å². The van der Waals surface area contributed by atoms with Crippen LogP contribution in [0, 0.1) is 0 Å². The summed E-state index contributed by atoms with van der Waals surface area (Å²) in [5, 5.41) is 5.77. The average Bonchev–Trinajstić information content (AvgIpc) is 3.41. The minimum Gasteiger partial charge on any atom is -0.380 e. The molecule has 0 radical (unpaired) electrons. The first-order valence-corrected chi connectivity index (χ1v) is 15.5. The SMILES string of the molecule is CCS(=O)(=O)NC(=O)c1scc2c(NCc3ccccc3)c(C(=O)N3CCC(c4ccccc4)CC3)cnc12. The van der Waals surface area contributed by atoms with E-state index in [1.165, 1.54) is 18.7 Å². The Morgan fingerprint density at radius 3 is 2.36 bits per heavy atom. The number of nitrogens with one attached hydrogen (secondary N) is 2. The molecule has 0 unspecified atom stereocenters. The molecule has 2 amide bonds. The number of piperidine rings is 1. The van der Waals surface area contributed by atoms with Gasteiger partial charge in [0.15, 0.2) is 0 Å². The van der Waals surface area contributed by atoms with E-state index in [9.17, 15) is 18.0 Å². The highest BCUT2D eigenvalue weighted by Crippen LogP contribution is 2.35. The summed E-state index contributed by atoms with van der Waals surface area (Å²) < 4.78 is 26.1. The third-order valence-electron chi connectivity index (χ3n) is 7.06. The molecule has 0 spiro atoms. The average molecular weight is 563 g/mol. The van der Waals surface area contributed by atoms with Gasteiger partial charge in [-0.05, 0) is 36.8 Å². The second-order valence-electron chi connectivity index (χ2n) is 9.52. The van der Waals surface area contributed by atoms with Gasteiger partial charge in [-0.2, -0.15) is 0 Å². The number of hydrogen-bond acceptors (Lipinski definition) is 7. The molecule has 202 valence electrons. The van der Waals surface area contributed by atoms with Gasteiger partial charge < -0.3 is 10.2 Å². The number of thiophene rings is 1. The van der Waals surface area contributed by atoms with Crippen molar-refractivity contribution in [1.29, 1.82) is 0 Å². The van der Waals surface area contributed by atoms with Crippen molar-refractivity contribution in [3.63, 3.8) is 0 Å². The number of fused-ring (bicyclic) bond motifs is 1. The van der Waals surface area contributed by atoms with Gasteiger partial charge in [0.25, 0.3) is 11.8 Å². The van der Waals surface area contributed by atoms with Crippen LogP contribution in [0.1, 0.15) is 56.8 Å². The van der Waals surface area contributed by atoms with Crippen molar-refractivity contribution in [2.75, 3.05) is 24.2 Å². The fraction of sp³-hybridized carbons (Fsp3) is 0.276. The van der Waals surface area contributed by atoms with E-state index in [-0.39, 0.29) is 16.5 Å². The molecule has 5 rings (SSSR count). The van der Waals surface area contributed by atoms with Crippen LogP contribution in [-0.4, -0.2) is 49.0 Å². The van der Waals surface area contributed by atoms with Crippen molar-refractivity contribution in [2.24, 2.45) is 0 Å². The molecule has 1 saturated heterocycles. The van der Waals surface area contributed by atoms with Gasteiger partial charge in [0.2, 0.25) is 10.0 Å². The number of aromatic nitrogens is 1. The number of carbonyl (C=O) groups excluding carboxylic acids is 2. The van der Waals surface area contributed by atoms with E-state index in [1.807, 2.05) is 53.4 Å². The summed E-state index contributed by atoms with van der Waals surface area (Å²) in [6.07, 6.45) is 3.26. The maximum Gasteiger partial charge on any atom is 0.277 e. The summed E-state index contributed by atoms with van der Waals surface area (Å²) in [5.41, 5.74) is 3.72. The molecular formula is C29H30N4O4S2. The van der Waals surface area contributed by atoms with Crippen LogP contribution >= 0.6 is 11.3 Å². The Morgan fingerprint density at radius 2 is 1.69 bits per heavy atom. The zero-order valence-electron chi connectivity index (χ0n) is 21.6. The van der Waals surface area contributed by atoms with Crippen LogP contribution in [0.2, 0.25) is 0 Å². The van der Waals surface area contributed by atoms with E-state index in [2.05, 4.69) is 27.2 Å². The lowest BCUT2D eigenvalue weighted by Gasteiger charge is -2.32. The largest absolute Gasteiger partial charge is 0.380 e. The van der Waals surface area contributed by atoms with Crippen molar-refractivity contribution in [2.45, 2.75) is 32.2 Å². The van der Waals surface area contributed by atoms with E-state index in [1.54, 1.807) is 5.38 Å². The Hall–Kier alpha value is -3.76. The third kappa shape index (κ3) is 5.97. The molecule has 1 aliphatic heterocycles. The van der Waals surface area contributed by atoms with Crippen LogP contribution < -0.4 is 10.0 Å². The standard InChI is InChI=1S/C29H30N4O4S2/c1-2-39(36,37)32-28(34)27-26-24(19-38-27)25(30-17-20-9-5-3-6-10-20)23(18-31-26)29(35)33-15-13-22(14-16-33)21-11-7-4-8-12-21/h3-12,18-19,22,30H,2,13-17H2,1H3,(H,32,34). The van der Waals surface area contributed by atoms with Crippen molar-refractivity contribution in [3.8, 4) is 0 Å². The van der Waals surface area contributed by atoms with Crippen molar-refractivity contribution >= 4 is 49.8 Å². The van der Waals surface area contributed by atoms with Crippen LogP contribution in [-0.2, 0) is 16.6 Å². The lowest BCUT2D eigenvalue weighted by Crippen LogP contribution is -2.38. The molecule has 39 heavy (non-hydrogen) atoms. The summed E-state index contributed by atoms with van der Waals surface area (Å²) in [5.74, 6) is -0.625. The number of benzene rings is 2. The number of amides is 2. The third-order valence-corrected chi connectivity index (χ3v) is 9.28. The molecule has 10 heteroatoms. The van der Waals surface area contributed by atoms with Gasteiger partial charge in [-0.3, -0.25) is 14.6 Å². The summed E-state index contributed by atoms with van der Waals surface area (Å²) in [4.78, 5) is 33.1. The first-order valence-electron chi connectivity index (χ1n) is 12.9. The number of carbonyl (C=O) groups is 2. The number of sulfonamides is 1. The highest BCUT2D eigenvalue weighted by molar-refractivity contribution is 7.90. The summed E-state index contributed by atoms with van der Waals surface area (Å²) in [6.45, 7) is 3.21. The molecule has 0 atom stereocenters. The van der Waals surface area contributed by atoms with Gasteiger partial charge in [0.1, 0.15) is 4.88 Å². The van der Waals surface area contributed by atoms with E-state index >= 15 is 0 Å². The van der Waals surface area contributed by atoms with Crippen molar-refractivity contribution < 1.29 is 18.0 Å². The second-order valence-corrected chi connectivity index (χ2v) is 12.4. The topological polar surface area (TPSA) is 108 Å². The summed E-state index contributed by atoms with van der Waals surface area (Å²) in [7, 11) is -3.73. The van der Waals surface area contributed by atoms with Crippen molar-refractivity contribution in [1.82, 2.24) is 14.6 Å². The monoisotopic (exact) mass is 562 g/mol. The van der Waals surface area contributed by atoms with E-state index in [0.29, 0.717) is 47.7 Å². The molecule has 2 aromatic carbocycles. The Bertz CT molecular complexity index is 1580. The molecule has 0 aliphatic carbocycles. The molecule has 3 heterocycles. The number of hydrogen-bond donors (Lipinski definition) is 2.